The summed E-state index contributed by atoms with van der Waals surface area (Å²) >= 11 is 0. The highest BCUT2D eigenvalue weighted by Crippen LogP contribution is 2.17. The van der Waals surface area contributed by atoms with Gasteiger partial charge in [-0.25, -0.2) is 4.79 Å². The van der Waals surface area contributed by atoms with Gasteiger partial charge >= 0.3 is 12.0 Å². The molecule has 0 radical (unpaired) electrons. The van der Waals surface area contributed by atoms with Crippen LogP contribution in [0, 0.1) is 0 Å². The maximum absolute atomic E-state index is 12.4. The molecule has 0 rings (SSSR count). The van der Waals surface area contributed by atoms with Gasteiger partial charge in [0.2, 0.25) is 0 Å². The summed E-state index contributed by atoms with van der Waals surface area (Å²) in [5, 5.41) is 8.91. The van der Waals surface area contributed by atoms with E-state index in [9.17, 15) is 9.59 Å². The third-order valence-corrected chi connectivity index (χ3v) is 2.53. The van der Waals surface area contributed by atoms with Gasteiger partial charge in [-0.3, -0.25) is 4.79 Å². The van der Waals surface area contributed by atoms with E-state index < -0.39 is 11.5 Å². The number of carboxylic acid groups (broad SMARTS) is 1. The largest absolute Gasteiger partial charge is 0.480 e. The first-order valence-corrected chi connectivity index (χ1v) is 6.02. The van der Waals surface area contributed by atoms with Crippen LogP contribution in [0.15, 0.2) is 12.7 Å². The second-order valence-electron chi connectivity index (χ2n) is 5.47. The van der Waals surface area contributed by atoms with Gasteiger partial charge < -0.3 is 14.9 Å². The predicted molar refractivity (Wildman–Crippen MR) is 71.5 cm³/mol. The third kappa shape index (κ3) is 4.77. The zero-order valence-corrected chi connectivity index (χ0v) is 11.9. The van der Waals surface area contributed by atoms with Crippen LogP contribution >= 0.6 is 0 Å². The Morgan fingerprint density at radius 1 is 1.33 bits per heavy atom. The fraction of sp³-hybridized carbons (Fsp3) is 0.692. The average molecular weight is 256 g/mol. The van der Waals surface area contributed by atoms with Gasteiger partial charge in [-0.1, -0.05) is 6.08 Å². The normalized spacial score (nSPS) is 11.2. The molecule has 2 amide bonds. The number of carbonyl (C=O) groups excluding carboxylic acids is 1. The van der Waals surface area contributed by atoms with Crippen molar-refractivity contribution in [1.82, 2.24) is 9.80 Å². The number of rotatable bonds is 5. The van der Waals surface area contributed by atoms with E-state index >= 15 is 0 Å². The monoisotopic (exact) mass is 256 g/mol. The molecule has 0 fully saturated rings. The summed E-state index contributed by atoms with van der Waals surface area (Å²) in [6.07, 6.45) is 1.64. The molecule has 5 heteroatoms. The van der Waals surface area contributed by atoms with Gasteiger partial charge in [0, 0.05) is 18.1 Å². The zero-order chi connectivity index (χ0) is 14.5. The van der Waals surface area contributed by atoms with E-state index in [0.717, 1.165) is 0 Å². The van der Waals surface area contributed by atoms with Crippen molar-refractivity contribution in [2.75, 3.05) is 13.1 Å². The highest BCUT2D eigenvalue weighted by atomic mass is 16.4. The van der Waals surface area contributed by atoms with Crippen molar-refractivity contribution in [1.29, 1.82) is 0 Å². The molecule has 18 heavy (non-hydrogen) atoms. The van der Waals surface area contributed by atoms with Crippen LogP contribution in [0.2, 0.25) is 0 Å². The van der Waals surface area contributed by atoms with E-state index in [0.29, 0.717) is 6.54 Å². The molecular formula is C13H24N2O3. The summed E-state index contributed by atoms with van der Waals surface area (Å²) in [7, 11) is 0. The minimum atomic E-state index is -1.01. The van der Waals surface area contributed by atoms with E-state index in [2.05, 4.69) is 6.58 Å². The molecule has 0 aliphatic carbocycles. The summed E-state index contributed by atoms with van der Waals surface area (Å²) in [5.41, 5.74) is -0.538. The van der Waals surface area contributed by atoms with Gasteiger partial charge in [0.05, 0.1) is 0 Å². The second kappa shape index (κ2) is 6.42. The summed E-state index contributed by atoms with van der Waals surface area (Å²) in [4.78, 5) is 26.2. The van der Waals surface area contributed by atoms with Crippen molar-refractivity contribution >= 4 is 12.0 Å². The molecule has 0 spiro atoms. The van der Waals surface area contributed by atoms with Crippen molar-refractivity contribution in [2.45, 2.75) is 46.2 Å². The van der Waals surface area contributed by atoms with Crippen LogP contribution in [0.1, 0.15) is 34.6 Å². The number of hydrogen-bond acceptors (Lipinski definition) is 2. The molecule has 0 atom stereocenters. The maximum Gasteiger partial charge on any atom is 0.323 e. The van der Waals surface area contributed by atoms with Gasteiger partial charge in [-0.15, -0.1) is 6.58 Å². The van der Waals surface area contributed by atoms with Gasteiger partial charge in [0.15, 0.2) is 0 Å². The summed E-state index contributed by atoms with van der Waals surface area (Å²) in [5.74, 6) is -1.01. The van der Waals surface area contributed by atoms with Crippen molar-refractivity contribution in [2.24, 2.45) is 0 Å². The number of urea groups is 1. The van der Waals surface area contributed by atoms with Crippen LogP contribution < -0.4 is 0 Å². The average Bonchev–Trinajstić information content (AvgIpc) is 2.19. The SMILES string of the molecule is C=CCN(C(=O)N(CC(=O)O)C(C)(C)C)C(C)C. The summed E-state index contributed by atoms with van der Waals surface area (Å²) < 4.78 is 0. The smallest absolute Gasteiger partial charge is 0.323 e. The number of aliphatic carboxylic acids is 1. The number of hydrogen-bond donors (Lipinski definition) is 1. The maximum atomic E-state index is 12.4. The Labute approximate surface area is 109 Å². The highest BCUT2D eigenvalue weighted by molar-refractivity contribution is 5.81. The first-order chi connectivity index (χ1) is 8.11. The first-order valence-electron chi connectivity index (χ1n) is 6.02. The Bertz CT molecular complexity index is 319. The number of carboxylic acids is 1. The molecular weight excluding hydrogens is 232 g/mol. The van der Waals surface area contributed by atoms with Crippen molar-refractivity contribution < 1.29 is 14.7 Å². The van der Waals surface area contributed by atoms with Gasteiger partial charge in [-0.2, -0.15) is 0 Å². The third-order valence-electron chi connectivity index (χ3n) is 2.53. The quantitative estimate of drug-likeness (QED) is 0.767. The molecule has 1 N–H and O–H groups in total. The van der Waals surface area contributed by atoms with Crippen LogP contribution in [0.3, 0.4) is 0 Å². The molecule has 0 unspecified atom stereocenters. The van der Waals surface area contributed by atoms with E-state index in [1.54, 1.807) is 11.0 Å². The fourth-order valence-corrected chi connectivity index (χ4v) is 1.53. The molecule has 104 valence electrons. The molecule has 0 aliphatic rings. The second-order valence-corrected chi connectivity index (χ2v) is 5.47. The van der Waals surface area contributed by atoms with Crippen LogP contribution in [-0.2, 0) is 4.79 Å². The molecule has 0 aromatic heterocycles. The minimum absolute atomic E-state index is 0.00542. The van der Waals surface area contributed by atoms with Crippen molar-refractivity contribution in [3.8, 4) is 0 Å². The number of carbonyl (C=O) groups is 2. The molecule has 0 aromatic rings. The summed E-state index contributed by atoms with van der Waals surface area (Å²) in [6.45, 7) is 13.0. The zero-order valence-electron chi connectivity index (χ0n) is 11.9. The van der Waals surface area contributed by atoms with Crippen LogP contribution in [0.25, 0.3) is 0 Å². The topological polar surface area (TPSA) is 60.9 Å². The Morgan fingerprint density at radius 2 is 1.83 bits per heavy atom. The lowest BCUT2D eigenvalue weighted by atomic mass is 10.1. The molecule has 0 aromatic carbocycles. The molecule has 0 heterocycles. The molecule has 0 saturated carbocycles. The van der Waals surface area contributed by atoms with Gasteiger partial charge in [-0.05, 0) is 34.6 Å². The first kappa shape index (κ1) is 16.5. The number of nitrogens with zero attached hydrogens (tertiary/aromatic N) is 2. The molecule has 0 saturated heterocycles. The Hall–Kier alpha value is -1.52. The van der Waals surface area contributed by atoms with E-state index in [1.807, 2.05) is 34.6 Å². The Kier molecular flexibility index (Phi) is 5.88. The van der Waals surface area contributed by atoms with E-state index in [1.165, 1.54) is 4.90 Å². The van der Waals surface area contributed by atoms with Crippen molar-refractivity contribution in [3.05, 3.63) is 12.7 Å². The number of amides is 2. The lowest BCUT2D eigenvalue weighted by Crippen LogP contribution is -2.55. The van der Waals surface area contributed by atoms with Crippen LogP contribution in [-0.4, -0.2) is 51.6 Å². The standard InChI is InChI=1S/C13H24N2O3/c1-7-8-14(10(2)3)12(18)15(9-11(16)17)13(4,5)6/h7,10H,1,8-9H2,2-6H3,(H,16,17). The lowest BCUT2D eigenvalue weighted by Gasteiger charge is -2.39. The van der Waals surface area contributed by atoms with Crippen molar-refractivity contribution in [3.63, 3.8) is 0 Å². The van der Waals surface area contributed by atoms with E-state index in [4.69, 9.17) is 5.11 Å². The Morgan fingerprint density at radius 3 is 2.11 bits per heavy atom. The lowest BCUT2D eigenvalue weighted by molar-refractivity contribution is -0.138. The van der Waals surface area contributed by atoms with Gasteiger partial charge in [0.1, 0.15) is 6.54 Å². The van der Waals surface area contributed by atoms with Crippen LogP contribution in [0.5, 0.6) is 0 Å². The highest BCUT2D eigenvalue weighted by Gasteiger charge is 2.32. The predicted octanol–water partition coefficient (Wildman–Crippen LogP) is 2.19. The van der Waals surface area contributed by atoms with Crippen LogP contribution in [0.4, 0.5) is 4.79 Å². The minimum Gasteiger partial charge on any atom is -0.480 e. The Balaban J connectivity index is 5.15. The fourth-order valence-electron chi connectivity index (χ4n) is 1.53. The molecule has 5 nitrogen and oxygen atoms in total. The van der Waals surface area contributed by atoms with Gasteiger partial charge in [0.25, 0.3) is 0 Å². The van der Waals surface area contributed by atoms with E-state index in [-0.39, 0.29) is 18.6 Å². The molecule has 0 aliphatic heterocycles. The molecule has 0 bridgehead atoms. The summed E-state index contributed by atoms with van der Waals surface area (Å²) in [6, 6.07) is -0.283.